The molecule has 12 heavy (non-hydrogen) atoms. The van der Waals surface area contributed by atoms with Gasteiger partial charge in [0.15, 0.2) is 0 Å². The molecule has 0 aromatic carbocycles. The largest absolute Gasteiger partial charge is 0.312 e. The van der Waals surface area contributed by atoms with E-state index in [2.05, 4.69) is 11.2 Å². The van der Waals surface area contributed by atoms with E-state index in [0.29, 0.717) is 0 Å². The topological polar surface area (TPSA) is 12.0 Å². The predicted molar refractivity (Wildman–Crippen MR) is 59.9 cm³/mol. The molecule has 1 saturated heterocycles. The predicted octanol–water partition coefficient (Wildman–Crippen LogP) is 1.45. The van der Waals surface area contributed by atoms with Crippen LogP contribution in [0.15, 0.2) is 0 Å². The SMILES string of the molecule is C#CCSCCNC1CCSC1. The zero-order chi connectivity index (χ0) is 8.65. The van der Waals surface area contributed by atoms with E-state index in [1.54, 1.807) is 0 Å². The van der Waals surface area contributed by atoms with Gasteiger partial charge in [0, 0.05) is 24.1 Å². The summed E-state index contributed by atoms with van der Waals surface area (Å²) in [6, 6.07) is 0.765. The van der Waals surface area contributed by atoms with Gasteiger partial charge < -0.3 is 5.32 Å². The quantitative estimate of drug-likeness (QED) is 0.534. The van der Waals surface area contributed by atoms with Gasteiger partial charge in [0.05, 0.1) is 5.75 Å². The zero-order valence-electron chi connectivity index (χ0n) is 7.21. The molecule has 0 amide bonds. The Morgan fingerprint density at radius 2 is 2.58 bits per heavy atom. The van der Waals surface area contributed by atoms with Gasteiger partial charge in [-0.05, 0) is 12.2 Å². The standard InChI is InChI=1S/C9H15NS2/c1-2-5-11-7-4-10-9-3-6-12-8-9/h1,9-10H,3-8H2. The summed E-state index contributed by atoms with van der Waals surface area (Å²) in [6.45, 7) is 1.11. The Hall–Kier alpha value is 0.220. The first-order valence-electron chi connectivity index (χ1n) is 4.26. The minimum Gasteiger partial charge on any atom is -0.312 e. The molecule has 0 saturated carbocycles. The molecule has 0 radical (unpaired) electrons. The first kappa shape index (κ1) is 10.3. The molecule has 0 spiro atoms. The molecule has 1 atom stereocenters. The van der Waals surface area contributed by atoms with Crippen LogP contribution in [0.4, 0.5) is 0 Å². The Kier molecular flexibility index (Phi) is 5.76. The molecule has 68 valence electrons. The highest BCUT2D eigenvalue weighted by Gasteiger charge is 2.13. The lowest BCUT2D eigenvalue weighted by Gasteiger charge is -2.09. The Morgan fingerprint density at radius 3 is 3.25 bits per heavy atom. The summed E-state index contributed by atoms with van der Waals surface area (Å²) in [7, 11) is 0. The van der Waals surface area contributed by atoms with Crippen LogP contribution in [0.3, 0.4) is 0 Å². The van der Waals surface area contributed by atoms with Gasteiger partial charge in [0.25, 0.3) is 0 Å². The van der Waals surface area contributed by atoms with E-state index in [0.717, 1.165) is 24.1 Å². The smallest absolute Gasteiger partial charge is 0.0545 e. The van der Waals surface area contributed by atoms with E-state index >= 15 is 0 Å². The summed E-state index contributed by atoms with van der Waals surface area (Å²) in [5.74, 6) is 7.24. The van der Waals surface area contributed by atoms with E-state index in [4.69, 9.17) is 6.42 Å². The van der Waals surface area contributed by atoms with Crippen molar-refractivity contribution in [3.8, 4) is 12.3 Å². The van der Waals surface area contributed by atoms with Crippen molar-refractivity contribution in [2.75, 3.05) is 29.6 Å². The number of thioether (sulfide) groups is 2. The molecule has 1 nitrogen and oxygen atoms in total. The summed E-state index contributed by atoms with van der Waals surface area (Å²) in [6.07, 6.45) is 6.48. The minimum atomic E-state index is 0.765. The normalized spacial score (nSPS) is 22.4. The van der Waals surface area contributed by atoms with Crippen LogP contribution in [0.2, 0.25) is 0 Å². The highest BCUT2D eigenvalue weighted by Crippen LogP contribution is 2.16. The van der Waals surface area contributed by atoms with Gasteiger partial charge in [0.2, 0.25) is 0 Å². The van der Waals surface area contributed by atoms with Crippen LogP contribution in [0.5, 0.6) is 0 Å². The molecule has 0 bridgehead atoms. The summed E-state index contributed by atoms with van der Waals surface area (Å²) in [5, 5.41) is 3.53. The van der Waals surface area contributed by atoms with Crippen molar-refractivity contribution >= 4 is 23.5 Å². The maximum absolute atomic E-state index is 5.14. The number of nitrogens with one attached hydrogen (secondary N) is 1. The highest BCUT2D eigenvalue weighted by molar-refractivity contribution is 7.99. The lowest BCUT2D eigenvalue weighted by molar-refractivity contribution is 0.581. The summed E-state index contributed by atoms with van der Waals surface area (Å²) in [4.78, 5) is 0. The fourth-order valence-corrected chi connectivity index (χ4v) is 2.87. The molecule has 1 unspecified atom stereocenters. The average molecular weight is 201 g/mol. The van der Waals surface area contributed by atoms with Crippen molar-refractivity contribution in [2.24, 2.45) is 0 Å². The second-order valence-corrected chi connectivity index (χ2v) is 5.03. The van der Waals surface area contributed by atoms with Crippen LogP contribution in [0.1, 0.15) is 6.42 Å². The second kappa shape index (κ2) is 6.71. The lowest BCUT2D eigenvalue weighted by Crippen LogP contribution is -2.30. The summed E-state index contributed by atoms with van der Waals surface area (Å²) >= 11 is 3.88. The monoisotopic (exact) mass is 201 g/mol. The van der Waals surface area contributed by atoms with E-state index in [1.807, 2.05) is 23.5 Å². The number of hydrogen-bond acceptors (Lipinski definition) is 3. The fourth-order valence-electron chi connectivity index (χ4n) is 1.16. The highest BCUT2D eigenvalue weighted by atomic mass is 32.2. The Labute approximate surface area is 83.4 Å². The summed E-state index contributed by atoms with van der Waals surface area (Å²) < 4.78 is 0. The molecule has 3 heteroatoms. The molecular weight excluding hydrogens is 186 g/mol. The maximum Gasteiger partial charge on any atom is 0.0545 e. The van der Waals surface area contributed by atoms with Gasteiger partial charge in [-0.2, -0.15) is 11.8 Å². The summed E-state index contributed by atoms with van der Waals surface area (Å²) in [5.41, 5.74) is 0. The van der Waals surface area contributed by atoms with Crippen molar-refractivity contribution in [3.63, 3.8) is 0 Å². The van der Waals surface area contributed by atoms with Crippen LogP contribution < -0.4 is 5.32 Å². The zero-order valence-corrected chi connectivity index (χ0v) is 8.85. The molecule has 0 aromatic rings. The van der Waals surface area contributed by atoms with Gasteiger partial charge in [0.1, 0.15) is 0 Å². The first-order chi connectivity index (χ1) is 5.93. The van der Waals surface area contributed by atoms with Gasteiger partial charge in [-0.3, -0.25) is 0 Å². The van der Waals surface area contributed by atoms with Crippen molar-refractivity contribution in [1.82, 2.24) is 5.32 Å². The van der Waals surface area contributed by atoms with E-state index in [1.165, 1.54) is 17.9 Å². The number of hydrogen-bond donors (Lipinski definition) is 1. The Morgan fingerprint density at radius 1 is 1.67 bits per heavy atom. The fraction of sp³-hybridized carbons (Fsp3) is 0.778. The van der Waals surface area contributed by atoms with Gasteiger partial charge in [-0.15, -0.1) is 18.2 Å². The Bertz CT molecular complexity index is 147. The average Bonchev–Trinajstić information content (AvgIpc) is 2.57. The maximum atomic E-state index is 5.14. The van der Waals surface area contributed by atoms with Crippen LogP contribution in [0, 0.1) is 12.3 Å². The number of terminal acetylenes is 1. The van der Waals surface area contributed by atoms with E-state index in [9.17, 15) is 0 Å². The van der Waals surface area contributed by atoms with Crippen LogP contribution in [0.25, 0.3) is 0 Å². The molecule has 1 heterocycles. The van der Waals surface area contributed by atoms with Crippen LogP contribution in [-0.4, -0.2) is 35.6 Å². The molecule has 0 aromatic heterocycles. The third kappa shape index (κ3) is 4.30. The van der Waals surface area contributed by atoms with Gasteiger partial charge >= 0.3 is 0 Å². The third-order valence-electron chi connectivity index (χ3n) is 1.79. The van der Waals surface area contributed by atoms with Gasteiger partial charge in [-0.1, -0.05) is 5.92 Å². The molecule has 1 aliphatic rings. The van der Waals surface area contributed by atoms with Crippen molar-refractivity contribution in [1.29, 1.82) is 0 Å². The van der Waals surface area contributed by atoms with Crippen LogP contribution >= 0.6 is 23.5 Å². The Balaban J connectivity index is 1.85. The molecule has 1 rings (SSSR count). The molecule has 1 N–H and O–H groups in total. The lowest BCUT2D eigenvalue weighted by atomic mass is 10.3. The molecular formula is C9H15NS2. The first-order valence-corrected chi connectivity index (χ1v) is 6.57. The van der Waals surface area contributed by atoms with Crippen molar-refractivity contribution in [2.45, 2.75) is 12.5 Å². The second-order valence-electron chi connectivity index (χ2n) is 2.77. The minimum absolute atomic E-state index is 0.765. The molecule has 0 aliphatic carbocycles. The molecule has 1 fully saturated rings. The number of rotatable bonds is 5. The van der Waals surface area contributed by atoms with Crippen molar-refractivity contribution < 1.29 is 0 Å². The van der Waals surface area contributed by atoms with E-state index in [-0.39, 0.29) is 0 Å². The molecule has 1 aliphatic heterocycles. The van der Waals surface area contributed by atoms with E-state index < -0.39 is 0 Å². The van der Waals surface area contributed by atoms with Gasteiger partial charge in [-0.25, -0.2) is 0 Å². The van der Waals surface area contributed by atoms with Crippen molar-refractivity contribution in [3.05, 3.63) is 0 Å². The van der Waals surface area contributed by atoms with Crippen LogP contribution in [-0.2, 0) is 0 Å². The third-order valence-corrected chi connectivity index (χ3v) is 3.82.